The van der Waals surface area contributed by atoms with Crippen LogP contribution in [0.15, 0.2) is 65.8 Å². The highest BCUT2D eigenvalue weighted by atomic mass is 35.5. The predicted octanol–water partition coefficient (Wildman–Crippen LogP) is 12.0. The van der Waals surface area contributed by atoms with Crippen molar-refractivity contribution < 1.29 is 13.9 Å². The fourth-order valence-electron chi connectivity index (χ4n) is 14.3. The largest absolute Gasteiger partial charge is 0.460 e. The lowest BCUT2D eigenvalue weighted by Gasteiger charge is -2.66. The van der Waals surface area contributed by atoms with Gasteiger partial charge in [-0.1, -0.05) is 89.3 Å². The van der Waals surface area contributed by atoms with Crippen LogP contribution in [0, 0.1) is 56.7 Å². The molecule has 1 aromatic carbocycles. The first kappa shape index (κ1) is 38.4. The molecule has 3 nitrogen and oxygen atoms in total. The van der Waals surface area contributed by atoms with E-state index < -0.39 is 18.1 Å². The number of nitrogens with one attached hydrogen (secondary N) is 1. The Kier molecular flexibility index (Phi) is 10.3. The molecule has 2 bridgehead atoms. The average Bonchev–Trinajstić information content (AvgIpc) is 3.40. The summed E-state index contributed by atoms with van der Waals surface area (Å²) in [7, 11) is 0. The second-order valence-corrected chi connectivity index (χ2v) is 20.3. The number of hydrogen-bond acceptors (Lipinski definition) is 3. The summed E-state index contributed by atoms with van der Waals surface area (Å²) in [4.78, 5) is 13.3. The number of ether oxygens (including phenoxy) is 1. The number of halogens is 2. The van der Waals surface area contributed by atoms with Crippen molar-refractivity contribution in [2.45, 2.75) is 137 Å². The third-order valence-electron chi connectivity index (χ3n) is 17.2. The number of carbonyl (C=O) groups excluding carboxylic acids is 1. The summed E-state index contributed by atoms with van der Waals surface area (Å²) < 4.78 is 20.4. The molecule has 286 valence electrons. The molecule has 0 aromatic heterocycles. The number of hydrogen-bond donors (Lipinski definition) is 1. The minimum Gasteiger partial charge on any atom is -0.460 e. The van der Waals surface area contributed by atoms with E-state index in [1.165, 1.54) is 74.5 Å². The van der Waals surface area contributed by atoms with E-state index in [1.807, 2.05) is 30.3 Å². The molecule has 1 N–H and O–H groups in total. The van der Waals surface area contributed by atoms with E-state index in [-0.39, 0.29) is 23.0 Å². The lowest BCUT2D eigenvalue weighted by molar-refractivity contribution is -0.159. The molecule has 6 aliphatic carbocycles. The maximum Gasteiger partial charge on any atom is 0.315 e. The zero-order chi connectivity index (χ0) is 37.2. The van der Waals surface area contributed by atoms with E-state index in [4.69, 9.17) is 16.3 Å². The van der Waals surface area contributed by atoms with Crippen molar-refractivity contribution in [1.82, 2.24) is 5.32 Å². The van der Waals surface area contributed by atoms with Gasteiger partial charge in [-0.05, 0) is 158 Å². The molecular weight excluding hydrogens is 665 g/mol. The van der Waals surface area contributed by atoms with Crippen molar-refractivity contribution in [2.24, 2.45) is 56.7 Å². The van der Waals surface area contributed by atoms with Gasteiger partial charge in [0.1, 0.15) is 13.3 Å². The number of benzene rings is 1. The van der Waals surface area contributed by atoms with Gasteiger partial charge in [0.25, 0.3) is 0 Å². The van der Waals surface area contributed by atoms with Gasteiger partial charge in [0.2, 0.25) is 0 Å². The summed E-state index contributed by atoms with van der Waals surface area (Å²) in [5.41, 5.74) is 5.08. The highest BCUT2D eigenvalue weighted by Crippen LogP contribution is 2.74. The van der Waals surface area contributed by atoms with Gasteiger partial charge in [-0.25, -0.2) is 4.39 Å². The molecule has 10 atom stereocenters. The zero-order valence-electron chi connectivity index (χ0n) is 33.2. The van der Waals surface area contributed by atoms with E-state index in [1.54, 1.807) is 0 Å². The number of alkyl halides is 2. The number of fused-ring (bicyclic) bond motifs is 8. The van der Waals surface area contributed by atoms with E-state index in [2.05, 4.69) is 65.6 Å². The third kappa shape index (κ3) is 6.02. The van der Waals surface area contributed by atoms with E-state index >= 15 is 0 Å². The maximum absolute atomic E-state index is 14.7. The summed E-state index contributed by atoms with van der Waals surface area (Å²) in [6.07, 6.45) is 19.2. The van der Waals surface area contributed by atoms with Crippen LogP contribution >= 0.6 is 11.6 Å². The van der Waals surface area contributed by atoms with Gasteiger partial charge in [0.05, 0.1) is 5.41 Å². The lowest BCUT2D eigenvalue weighted by atomic mass is 9.39. The van der Waals surface area contributed by atoms with Crippen LogP contribution in [0.25, 0.3) is 0 Å². The molecule has 7 rings (SSSR count). The Balaban J connectivity index is 1.14. The second-order valence-electron chi connectivity index (χ2n) is 19.9. The number of esters is 1. The van der Waals surface area contributed by atoms with Crippen molar-refractivity contribution in [1.29, 1.82) is 0 Å². The van der Waals surface area contributed by atoms with E-state index in [0.717, 1.165) is 24.9 Å². The molecular formula is C47H67ClFNO2. The van der Waals surface area contributed by atoms with E-state index in [9.17, 15) is 9.18 Å². The van der Waals surface area contributed by atoms with Crippen LogP contribution in [0.3, 0.4) is 0 Å². The summed E-state index contributed by atoms with van der Waals surface area (Å²) in [6, 6.07) is 9.70. The molecule has 52 heavy (non-hydrogen) atoms. The van der Waals surface area contributed by atoms with Crippen molar-refractivity contribution in [3.05, 3.63) is 71.3 Å². The van der Waals surface area contributed by atoms with Crippen molar-refractivity contribution >= 4 is 17.6 Å². The third-order valence-corrected chi connectivity index (χ3v) is 17.4. The minimum absolute atomic E-state index is 0.0139. The highest BCUT2D eigenvalue weighted by Gasteiger charge is 2.66. The number of rotatable bonds is 9. The molecule has 4 saturated carbocycles. The first-order valence-corrected chi connectivity index (χ1v) is 21.4. The predicted molar refractivity (Wildman–Crippen MR) is 213 cm³/mol. The van der Waals surface area contributed by atoms with Crippen LogP contribution in [0.4, 0.5) is 4.39 Å². The molecule has 0 spiro atoms. The van der Waals surface area contributed by atoms with Gasteiger partial charge in [-0.15, -0.1) is 11.6 Å². The van der Waals surface area contributed by atoms with Crippen molar-refractivity contribution in [3.8, 4) is 0 Å². The average molecular weight is 733 g/mol. The Labute approximate surface area is 320 Å². The van der Waals surface area contributed by atoms with Crippen molar-refractivity contribution in [3.63, 3.8) is 0 Å². The van der Waals surface area contributed by atoms with Gasteiger partial charge in [-0.3, -0.25) is 4.79 Å². The van der Waals surface area contributed by atoms with Gasteiger partial charge in [0, 0.05) is 18.0 Å². The molecule has 0 saturated heterocycles. The number of allylic oxidation sites excluding steroid dienone is 5. The summed E-state index contributed by atoms with van der Waals surface area (Å²) in [5.74, 6) is 3.52. The van der Waals surface area contributed by atoms with E-state index in [0.29, 0.717) is 59.1 Å². The molecule has 0 aliphatic heterocycles. The molecule has 0 radical (unpaired) electrons. The molecule has 1 unspecified atom stereocenters. The van der Waals surface area contributed by atoms with Gasteiger partial charge in [0.15, 0.2) is 0 Å². The topological polar surface area (TPSA) is 38.3 Å². The van der Waals surface area contributed by atoms with Crippen LogP contribution in [0.2, 0.25) is 0 Å². The normalized spacial score (nSPS) is 42.3. The Bertz CT molecular complexity index is 1580. The zero-order valence-corrected chi connectivity index (χ0v) is 34.0. The highest BCUT2D eigenvalue weighted by molar-refractivity contribution is 6.18. The van der Waals surface area contributed by atoms with Crippen LogP contribution in [0.5, 0.6) is 0 Å². The fraction of sp³-hybridized carbons (Fsp3) is 0.723. The molecule has 6 aliphatic rings. The number of carbonyl (C=O) groups is 1. The fourth-order valence-corrected chi connectivity index (χ4v) is 14.4. The van der Waals surface area contributed by atoms with Gasteiger partial charge >= 0.3 is 5.97 Å². The Hall–Kier alpha value is -1.91. The Morgan fingerprint density at radius 1 is 0.942 bits per heavy atom. The van der Waals surface area contributed by atoms with Crippen LogP contribution in [-0.2, 0) is 16.1 Å². The molecule has 0 amide bonds. The first-order chi connectivity index (χ1) is 24.7. The summed E-state index contributed by atoms with van der Waals surface area (Å²) in [5, 5.41) is 4.10. The molecule has 1 aromatic rings. The van der Waals surface area contributed by atoms with Gasteiger partial charge in [-0.2, -0.15) is 0 Å². The minimum atomic E-state index is -1.08. The second kappa shape index (κ2) is 14.0. The standard InChI is InChI=1S/C47H67ClFNO2/c1-32(2)36-17-24-47(50-28-27-48)26-25-43(5)29-35(40(36)47)13-14-39-44(6)20-18-37(42(3,4)38(44)19-21-45(39,43)7)34-15-22-46(31-49,23-16-34)41(51)52-30-33-11-9-8-10-12-33/h8-12,15,18,35-36,38-40,50H,1,13-14,16-17,19-31H2,2-7H3/t35-,36+,38+,39-,40+,43-,44+,45-,46+,47?/m1/s1. The Morgan fingerprint density at radius 3 is 2.38 bits per heavy atom. The smallest absolute Gasteiger partial charge is 0.315 e. The molecule has 4 fully saturated rings. The quantitative estimate of drug-likeness (QED) is 0.156. The maximum atomic E-state index is 14.7. The monoisotopic (exact) mass is 731 g/mol. The summed E-state index contributed by atoms with van der Waals surface area (Å²) in [6.45, 7) is 20.4. The molecule has 5 heteroatoms. The molecule has 0 heterocycles. The van der Waals surface area contributed by atoms with Crippen molar-refractivity contribution in [2.75, 3.05) is 19.1 Å². The first-order valence-electron chi connectivity index (χ1n) is 20.8. The summed E-state index contributed by atoms with van der Waals surface area (Å²) >= 11 is 6.33. The van der Waals surface area contributed by atoms with Crippen LogP contribution < -0.4 is 5.32 Å². The lowest BCUT2D eigenvalue weighted by Crippen LogP contribution is -2.58. The van der Waals surface area contributed by atoms with Crippen LogP contribution in [0.1, 0.15) is 131 Å². The van der Waals surface area contributed by atoms with Gasteiger partial charge < -0.3 is 10.1 Å². The van der Waals surface area contributed by atoms with Crippen LogP contribution in [-0.4, -0.2) is 30.6 Å². The Morgan fingerprint density at radius 2 is 1.71 bits per heavy atom. The SMILES string of the molecule is C=C(C)[C@@H]1CCC2(NCCCl)CC[C@]3(C)C[C@@H](CC[C@@H]4[C@@]5(C)CC=C(C6=CC[C@](CF)(C(=O)OCc7ccccc7)CC6)C(C)(C)[C@@H]5CC[C@]43C)[C@@H]12.